The maximum absolute atomic E-state index is 12.4. The van der Waals surface area contributed by atoms with Gasteiger partial charge in [-0.15, -0.1) is 0 Å². The number of ether oxygens (including phenoxy) is 1. The zero-order valence-electron chi connectivity index (χ0n) is 15.9. The summed E-state index contributed by atoms with van der Waals surface area (Å²) in [6.45, 7) is 4.55. The van der Waals surface area contributed by atoms with Crippen LogP contribution < -0.4 is 10.5 Å². The third kappa shape index (κ3) is 8.61. The summed E-state index contributed by atoms with van der Waals surface area (Å²) >= 11 is 0. The van der Waals surface area contributed by atoms with Gasteiger partial charge in [0.1, 0.15) is 5.75 Å². The molecule has 1 aromatic carbocycles. The fourth-order valence-corrected chi connectivity index (χ4v) is 4.27. The van der Waals surface area contributed by atoms with Gasteiger partial charge in [-0.25, -0.2) is 8.42 Å². The number of rotatable bonds is 14. The van der Waals surface area contributed by atoms with Crippen LogP contribution >= 0.6 is 0 Å². The quantitative estimate of drug-likeness (QED) is 0.354. The fourth-order valence-electron chi connectivity index (χ4n) is 2.89. The van der Waals surface area contributed by atoms with Crippen molar-refractivity contribution in [3.8, 4) is 5.75 Å². The Morgan fingerprint density at radius 3 is 2.00 bits per heavy atom. The van der Waals surface area contributed by atoms with Crippen LogP contribution in [0.1, 0.15) is 78.1 Å². The van der Waals surface area contributed by atoms with Crippen molar-refractivity contribution < 1.29 is 13.2 Å². The molecule has 4 nitrogen and oxygen atoms in total. The lowest BCUT2D eigenvalue weighted by Gasteiger charge is -2.10. The Morgan fingerprint density at radius 1 is 0.880 bits per heavy atom. The molecule has 5 heteroatoms. The molecule has 0 heterocycles. The van der Waals surface area contributed by atoms with Crippen molar-refractivity contribution in [3.63, 3.8) is 0 Å². The number of nitrogen functional groups attached to an aromatic ring is 1. The maximum atomic E-state index is 12.4. The minimum Gasteiger partial charge on any atom is -0.492 e. The summed E-state index contributed by atoms with van der Waals surface area (Å²) in [5.74, 6) is 0.644. The van der Waals surface area contributed by atoms with Crippen LogP contribution in [0.3, 0.4) is 0 Å². The van der Waals surface area contributed by atoms with E-state index in [-0.39, 0.29) is 5.75 Å². The first kappa shape index (κ1) is 21.8. The van der Waals surface area contributed by atoms with Crippen LogP contribution in [0.4, 0.5) is 5.69 Å². The van der Waals surface area contributed by atoms with E-state index < -0.39 is 9.84 Å². The molecule has 0 aliphatic rings. The zero-order valence-corrected chi connectivity index (χ0v) is 16.7. The summed E-state index contributed by atoms with van der Waals surface area (Å²) in [6, 6.07) is 4.73. The van der Waals surface area contributed by atoms with Gasteiger partial charge in [-0.2, -0.15) is 0 Å². The van der Waals surface area contributed by atoms with Crippen LogP contribution in [0.5, 0.6) is 5.75 Å². The minimum absolute atomic E-state index is 0.193. The molecule has 0 atom stereocenters. The number of hydrogen-bond acceptors (Lipinski definition) is 4. The highest BCUT2D eigenvalue weighted by Crippen LogP contribution is 2.26. The van der Waals surface area contributed by atoms with Gasteiger partial charge in [0.15, 0.2) is 9.84 Å². The number of nitrogens with two attached hydrogens (primary N) is 1. The monoisotopic (exact) mass is 369 g/mol. The molecule has 0 saturated heterocycles. The third-order valence-corrected chi connectivity index (χ3v) is 6.21. The molecule has 1 rings (SSSR count). The highest BCUT2D eigenvalue weighted by Gasteiger charge is 2.16. The molecule has 0 aromatic heterocycles. The van der Waals surface area contributed by atoms with Gasteiger partial charge < -0.3 is 10.5 Å². The summed E-state index contributed by atoms with van der Waals surface area (Å²) in [4.78, 5) is 0.307. The average molecular weight is 370 g/mol. The van der Waals surface area contributed by atoms with Crippen molar-refractivity contribution >= 4 is 15.5 Å². The van der Waals surface area contributed by atoms with Gasteiger partial charge in [0.2, 0.25) is 0 Å². The first-order chi connectivity index (χ1) is 12.0. The lowest BCUT2D eigenvalue weighted by Crippen LogP contribution is -2.08. The molecule has 0 bridgehead atoms. The van der Waals surface area contributed by atoms with Crippen molar-refractivity contribution in [1.29, 1.82) is 0 Å². The van der Waals surface area contributed by atoms with E-state index in [1.165, 1.54) is 44.9 Å². The first-order valence-electron chi connectivity index (χ1n) is 9.76. The molecule has 144 valence electrons. The van der Waals surface area contributed by atoms with E-state index >= 15 is 0 Å². The van der Waals surface area contributed by atoms with E-state index in [0.29, 0.717) is 29.4 Å². The van der Waals surface area contributed by atoms with Gasteiger partial charge in [-0.3, -0.25) is 0 Å². The highest BCUT2D eigenvalue weighted by molar-refractivity contribution is 7.91. The number of hydrogen-bond donors (Lipinski definition) is 1. The smallest absolute Gasteiger partial charge is 0.178 e. The highest BCUT2D eigenvalue weighted by atomic mass is 32.2. The lowest BCUT2D eigenvalue weighted by atomic mass is 10.1. The largest absolute Gasteiger partial charge is 0.492 e. The van der Waals surface area contributed by atoms with E-state index in [1.54, 1.807) is 18.2 Å². The SMILES string of the molecule is CCCCCCCCCCCCS(=O)(=O)c1ccc(N)c(OCC)c1. The Labute approximate surface area is 154 Å². The van der Waals surface area contributed by atoms with Crippen LogP contribution in [0, 0.1) is 0 Å². The Hall–Kier alpha value is -1.23. The molecule has 2 N–H and O–H groups in total. The van der Waals surface area contributed by atoms with Crippen LogP contribution in [0.2, 0.25) is 0 Å². The summed E-state index contributed by atoms with van der Waals surface area (Å²) < 4.78 is 30.3. The molecular formula is C20H35NO3S. The summed E-state index contributed by atoms with van der Waals surface area (Å²) in [5.41, 5.74) is 6.28. The molecule has 0 unspecified atom stereocenters. The number of sulfone groups is 1. The number of anilines is 1. The van der Waals surface area contributed by atoms with Crippen molar-refractivity contribution in [2.45, 2.75) is 83.0 Å². The standard InChI is InChI=1S/C20H35NO3S/c1-3-5-6-7-8-9-10-11-12-13-16-25(22,23)18-14-15-19(21)20(17-18)24-4-2/h14-15,17H,3-13,16,21H2,1-2H3. The summed E-state index contributed by atoms with van der Waals surface area (Å²) in [5, 5.41) is 0. The van der Waals surface area contributed by atoms with Crippen LogP contribution in [0.15, 0.2) is 23.1 Å². The van der Waals surface area contributed by atoms with Crippen molar-refractivity contribution in [2.75, 3.05) is 18.1 Å². The van der Waals surface area contributed by atoms with Crippen molar-refractivity contribution in [2.24, 2.45) is 0 Å². The second-order valence-corrected chi connectivity index (χ2v) is 8.74. The van der Waals surface area contributed by atoms with Gasteiger partial charge >= 0.3 is 0 Å². The Kier molecular flexibility index (Phi) is 10.6. The van der Waals surface area contributed by atoms with E-state index in [4.69, 9.17) is 10.5 Å². The molecule has 0 fully saturated rings. The van der Waals surface area contributed by atoms with Gasteiger partial charge in [0, 0.05) is 6.07 Å². The summed E-state index contributed by atoms with van der Waals surface area (Å²) in [7, 11) is -3.26. The molecule has 0 aliphatic carbocycles. The molecule has 1 aromatic rings. The van der Waals surface area contributed by atoms with Gasteiger partial charge in [0.05, 0.1) is 22.9 Å². The zero-order chi connectivity index (χ0) is 18.5. The molecule has 0 amide bonds. The van der Waals surface area contributed by atoms with E-state index in [9.17, 15) is 8.42 Å². The van der Waals surface area contributed by atoms with Gasteiger partial charge in [0.25, 0.3) is 0 Å². The molecule has 25 heavy (non-hydrogen) atoms. The van der Waals surface area contributed by atoms with Crippen LogP contribution in [-0.4, -0.2) is 20.8 Å². The van der Waals surface area contributed by atoms with E-state index in [0.717, 1.165) is 12.8 Å². The summed E-state index contributed by atoms with van der Waals surface area (Å²) in [6.07, 6.45) is 11.9. The molecule has 0 aliphatic heterocycles. The molecule has 0 radical (unpaired) electrons. The first-order valence-corrected chi connectivity index (χ1v) is 11.4. The second kappa shape index (κ2) is 12.2. The number of unbranched alkanes of at least 4 members (excludes halogenated alkanes) is 9. The topological polar surface area (TPSA) is 69.4 Å². The van der Waals surface area contributed by atoms with Gasteiger partial charge in [-0.05, 0) is 25.5 Å². The normalized spacial score (nSPS) is 11.6. The molecule has 0 saturated carbocycles. The van der Waals surface area contributed by atoms with Crippen molar-refractivity contribution in [1.82, 2.24) is 0 Å². The second-order valence-electron chi connectivity index (χ2n) is 6.63. The Bertz CT molecular complexity index is 585. The van der Waals surface area contributed by atoms with E-state index in [1.807, 2.05) is 6.92 Å². The Morgan fingerprint density at radius 2 is 1.44 bits per heavy atom. The van der Waals surface area contributed by atoms with Crippen molar-refractivity contribution in [3.05, 3.63) is 18.2 Å². The van der Waals surface area contributed by atoms with E-state index in [2.05, 4.69) is 6.92 Å². The minimum atomic E-state index is -3.26. The van der Waals surface area contributed by atoms with Crippen LogP contribution in [0.25, 0.3) is 0 Å². The van der Waals surface area contributed by atoms with Crippen LogP contribution in [-0.2, 0) is 9.84 Å². The maximum Gasteiger partial charge on any atom is 0.178 e. The molecule has 0 spiro atoms. The number of benzene rings is 1. The fraction of sp³-hybridized carbons (Fsp3) is 0.700. The molecular weight excluding hydrogens is 334 g/mol. The predicted octanol–water partition coefficient (Wildman–Crippen LogP) is 5.36. The van der Waals surface area contributed by atoms with Gasteiger partial charge in [-0.1, -0.05) is 64.7 Å². The average Bonchev–Trinajstić information content (AvgIpc) is 2.58. The third-order valence-electron chi connectivity index (χ3n) is 4.41. The predicted molar refractivity (Wildman–Crippen MR) is 106 cm³/mol. The lowest BCUT2D eigenvalue weighted by molar-refractivity contribution is 0.341. The Balaban J connectivity index is 2.28.